The predicted octanol–water partition coefficient (Wildman–Crippen LogP) is 3.13. The summed E-state index contributed by atoms with van der Waals surface area (Å²) in [7, 11) is 0. The lowest BCUT2D eigenvalue weighted by atomic mass is 10.3. The number of nitrogens with one attached hydrogen (secondary N) is 1. The summed E-state index contributed by atoms with van der Waals surface area (Å²) < 4.78 is 29.8. The summed E-state index contributed by atoms with van der Waals surface area (Å²) in [5, 5.41) is 2.31. The molecule has 2 aromatic carbocycles. The summed E-state index contributed by atoms with van der Waals surface area (Å²) in [5.74, 6) is -2.00. The quantitative estimate of drug-likeness (QED) is 0.772. The topological polar surface area (TPSA) is 56.0 Å². The number of para-hydroxylation sites is 2. The van der Waals surface area contributed by atoms with Gasteiger partial charge in [0.15, 0.2) is 0 Å². The fourth-order valence-electron chi connectivity index (χ4n) is 2.79. The molecule has 0 spiro atoms. The van der Waals surface area contributed by atoms with Gasteiger partial charge in [-0.15, -0.1) is 0 Å². The molecule has 1 heterocycles. The first-order chi connectivity index (χ1) is 12.0. The number of hydrogen-bond donors (Lipinski definition) is 1. The van der Waals surface area contributed by atoms with Crippen molar-refractivity contribution in [1.29, 1.82) is 0 Å². The summed E-state index contributed by atoms with van der Waals surface area (Å²) in [4.78, 5) is 24.8. The highest BCUT2D eigenvalue weighted by Gasteiger charge is 2.16. The number of nitrogens with zero attached hydrogens (tertiary/aromatic N) is 2. The number of fused-ring (bicyclic) bond motifs is 1. The maximum atomic E-state index is 13.7. The van der Waals surface area contributed by atoms with E-state index in [1.807, 2.05) is 19.1 Å². The molecule has 5 nitrogen and oxygen atoms in total. The van der Waals surface area contributed by atoms with Gasteiger partial charge < -0.3 is 5.32 Å². The lowest BCUT2D eigenvalue weighted by Gasteiger charge is -2.07. The van der Waals surface area contributed by atoms with Crippen LogP contribution >= 0.6 is 0 Å². The minimum absolute atomic E-state index is 0.254. The van der Waals surface area contributed by atoms with Crippen LogP contribution in [0.25, 0.3) is 11.0 Å². The van der Waals surface area contributed by atoms with E-state index in [0.29, 0.717) is 12.1 Å². The van der Waals surface area contributed by atoms with E-state index in [1.54, 1.807) is 16.7 Å². The first-order valence-electron chi connectivity index (χ1n) is 7.94. The SMILES string of the molecule is CCCn1c(=O)n(CC(=O)Nc2cc(F)ccc2F)c2ccccc21. The fourth-order valence-corrected chi connectivity index (χ4v) is 2.79. The Bertz CT molecular complexity index is 992. The molecule has 0 unspecified atom stereocenters. The number of imidazole rings is 1. The van der Waals surface area contributed by atoms with Crippen molar-refractivity contribution in [2.75, 3.05) is 5.32 Å². The van der Waals surface area contributed by atoms with Gasteiger partial charge in [-0.3, -0.25) is 13.9 Å². The molecule has 0 aliphatic carbocycles. The maximum absolute atomic E-state index is 13.7. The van der Waals surface area contributed by atoms with Gasteiger partial charge in [-0.25, -0.2) is 13.6 Å². The third-order valence-electron chi connectivity index (χ3n) is 3.88. The van der Waals surface area contributed by atoms with E-state index in [0.717, 1.165) is 30.1 Å². The third kappa shape index (κ3) is 3.31. The number of carbonyl (C=O) groups excluding carboxylic acids is 1. The number of hydrogen-bond acceptors (Lipinski definition) is 2. The average molecular weight is 345 g/mol. The van der Waals surface area contributed by atoms with Crippen LogP contribution in [0.5, 0.6) is 0 Å². The van der Waals surface area contributed by atoms with Gasteiger partial charge in [-0.05, 0) is 30.7 Å². The van der Waals surface area contributed by atoms with Crippen LogP contribution < -0.4 is 11.0 Å². The highest BCUT2D eigenvalue weighted by atomic mass is 19.1. The lowest BCUT2D eigenvalue weighted by molar-refractivity contribution is -0.116. The zero-order valence-corrected chi connectivity index (χ0v) is 13.6. The Hall–Kier alpha value is -2.96. The number of rotatable bonds is 5. The standard InChI is InChI=1S/C18H17F2N3O2/c1-2-9-22-15-5-3-4-6-16(15)23(18(22)25)11-17(24)21-14-10-12(19)7-8-13(14)20/h3-8,10H,2,9,11H2,1H3,(H,21,24). The molecule has 0 saturated carbocycles. The second-order valence-electron chi connectivity index (χ2n) is 5.68. The number of aromatic nitrogens is 2. The summed E-state index contributed by atoms with van der Waals surface area (Å²) in [5.41, 5.74) is 0.795. The molecule has 0 bridgehead atoms. The average Bonchev–Trinajstić information content (AvgIpc) is 2.84. The number of benzene rings is 2. The molecule has 1 aromatic heterocycles. The Balaban J connectivity index is 1.92. The fraction of sp³-hybridized carbons (Fsp3) is 0.222. The smallest absolute Gasteiger partial charge is 0.322 e. The molecule has 1 N–H and O–H groups in total. The molecule has 0 radical (unpaired) electrons. The second-order valence-corrected chi connectivity index (χ2v) is 5.68. The molecule has 0 aliphatic heterocycles. The Kier molecular flexibility index (Phi) is 4.65. The molecule has 0 fully saturated rings. The van der Waals surface area contributed by atoms with Gasteiger partial charge in [0.05, 0.1) is 16.7 Å². The molecule has 1 amide bonds. The van der Waals surface area contributed by atoms with E-state index in [-0.39, 0.29) is 17.9 Å². The molecule has 130 valence electrons. The van der Waals surface area contributed by atoms with Crippen LogP contribution in [0, 0.1) is 11.6 Å². The minimum atomic E-state index is -0.740. The van der Waals surface area contributed by atoms with Gasteiger partial charge in [-0.2, -0.15) is 0 Å². The van der Waals surface area contributed by atoms with E-state index in [2.05, 4.69) is 5.32 Å². The highest BCUT2D eigenvalue weighted by Crippen LogP contribution is 2.16. The number of anilines is 1. The van der Waals surface area contributed by atoms with Crippen LogP contribution in [0.3, 0.4) is 0 Å². The van der Waals surface area contributed by atoms with E-state index >= 15 is 0 Å². The molecule has 3 aromatic rings. The predicted molar refractivity (Wildman–Crippen MR) is 91.5 cm³/mol. The van der Waals surface area contributed by atoms with Crippen molar-refractivity contribution in [3.63, 3.8) is 0 Å². The van der Waals surface area contributed by atoms with Crippen LogP contribution in [-0.2, 0) is 17.9 Å². The molecule has 0 aliphatic rings. The van der Waals surface area contributed by atoms with Crippen LogP contribution in [0.4, 0.5) is 14.5 Å². The van der Waals surface area contributed by atoms with Crippen LogP contribution in [-0.4, -0.2) is 15.0 Å². The Morgan fingerprint density at radius 1 is 1.08 bits per heavy atom. The van der Waals surface area contributed by atoms with Gasteiger partial charge >= 0.3 is 5.69 Å². The van der Waals surface area contributed by atoms with Crippen molar-refractivity contribution in [2.45, 2.75) is 26.4 Å². The molecular weight excluding hydrogens is 328 g/mol. The van der Waals surface area contributed by atoms with Crippen molar-refractivity contribution in [1.82, 2.24) is 9.13 Å². The Morgan fingerprint density at radius 2 is 1.76 bits per heavy atom. The summed E-state index contributed by atoms with van der Waals surface area (Å²) >= 11 is 0. The summed E-state index contributed by atoms with van der Waals surface area (Å²) in [6, 6.07) is 9.96. The number of carbonyl (C=O) groups is 1. The van der Waals surface area contributed by atoms with Crippen LogP contribution in [0.1, 0.15) is 13.3 Å². The van der Waals surface area contributed by atoms with Crippen molar-refractivity contribution < 1.29 is 13.6 Å². The number of halogens is 2. The first-order valence-corrected chi connectivity index (χ1v) is 7.94. The zero-order chi connectivity index (χ0) is 18.0. The van der Waals surface area contributed by atoms with Crippen molar-refractivity contribution in [3.8, 4) is 0 Å². The highest BCUT2D eigenvalue weighted by molar-refractivity contribution is 5.91. The third-order valence-corrected chi connectivity index (χ3v) is 3.88. The van der Waals surface area contributed by atoms with Crippen LogP contribution in [0.15, 0.2) is 47.3 Å². The Morgan fingerprint density at radius 3 is 2.44 bits per heavy atom. The van der Waals surface area contributed by atoms with E-state index in [4.69, 9.17) is 0 Å². The molecule has 7 heteroatoms. The van der Waals surface area contributed by atoms with Gasteiger partial charge in [0.25, 0.3) is 0 Å². The summed E-state index contributed by atoms with van der Waals surface area (Å²) in [6.45, 7) is 2.20. The number of amides is 1. The van der Waals surface area contributed by atoms with Gasteiger partial charge in [-0.1, -0.05) is 19.1 Å². The van der Waals surface area contributed by atoms with Crippen molar-refractivity contribution >= 4 is 22.6 Å². The van der Waals surface area contributed by atoms with Gasteiger partial charge in [0.2, 0.25) is 5.91 Å². The summed E-state index contributed by atoms with van der Waals surface area (Å²) in [6.07, 6.45) is 0.772. The molecule has 3 rings (SSSR count). The van der Waals surface area contributed by atoms with E-state index in [9.17, 15) is 18.4 Å². The monoisotopic (exact) mass is 345 g/mol. The number of aryl methyl sites for hydroxylation is 1. The van der Waals surface area contributed by atoms with Crippen LogP contribution in [0.2, 0.25) is 0 Å². The normalized spacial score (nSPS) is 11.0. The van der Waals surface area contributed by atoms with Gasteiger partial charge in [0.1, 0.15) is 18.2 Å². The molecule has 0 atom stereocenters. The molecule has 25 heavy (non-hydrogen) atoms. The largest absolute Gasteiger partial charge is 0.329 e. The molecular formula is C18H17F2N3O2. The first kappa shape index (κ1) is 16.9. The van der Waals surface area contributed by atoms with Crippen molar-refractivity contribution in [3.05, 3.63) is 64.6 Å². The van der Waals surface area contributed by atoms with E-state index < -0.39 is 17.5 Å². The maximum Gasteiger partial charge on any atom is 0.329 e. The Labute approximate surface area is 142 Å². The van der Waals surface area contributed by atoms with Gasteiger partial charge in [0, 0.05) is 12.6 Å². The van der Waals surface area contributed by atoms with E-state index in [1.165, 1.54) is 4.57 Å². The van der Waals surface area contributed by atoms with Crippen molar-refractivity contribution in [2.24, 2.45) is 0 Å². The second kappa shape index (κ2) is 6.88. The zero-order valence-electron chi connectivity index (χ0n) is 13.6. The minimum Gasteiger partial charge on any atom is -0.322 e. The lowest BCUT2D eigenvalue weighted by Crippen LogP contribution is -2.29. The molecule has 0 saturated heterocycles.